The molecular weight excluding hydrogens is 224 g/mol. The van der Waals surface area contributed by atoms with Gasteiger partial charge in [0.1, 0.15) is 0 Å². The monoisotopic (exact) mass is 248 g/mol. The minimum absolute atomic E-state index is 0.252. The van der Waals surface area contributed by atoms with Crippen molar-refractivity contribution in [2.75, 3.05) is 38.2 Å². The summed E-state index contributed by atoms with van der Waals surface area (Å²) in [5.74, 6) is 0.537. The average Bonchev–Trinajstić information content (AvgIpc) is 2.28. The Morgan fingerprint density at radius 3 is 2.69 bits per heavy atom. The zero-order chi connectivity index (χ0) is 12.0. The first-order valence-electron chi connectivity index (χ1n) is 6.16. The van der Waals surface area contributed by atoms with Crippen molar-refractivity contribution in [1.82, 2.24) is 10.2 Å². The largest absolute Gasteiger partial charge is 0.313 e. The van der Waals surface area contributed by atoms with Gasteiger partial charge in [0.15, 0.2) is 9.84 Å². The fraction of sp³-hybridized carbons (Fsp3) is 1.00. The SMILES string of the molecule is CCS(=O)(=O)CCN(C)CC1CCCCN1. The van der Waals surface area contributed by atoms with Crippen LogP contribution in [0.2, 0.25) is 0 Å². The smallest absolute Gasteiger partial charge is 0.151 e. The molecule has 1 saturated heterocycles. The first kappa shape index (κ1) is 13.9. The third-order valence-electron chi connectivity index (χ3n) is 3.17. The Balaban J connectivity index is 2.22. The lowest BCUT2D eigenvalue weighted by Gasteiger charge is -2.28. The first-order chi connectivity index (χ1) is 7.53. The highest BCUT2D eigenvalue weighted by molar-refractivity contribution is 7.91. The molecule has 1 heterocycles. The molecule has 1 N–H and O–H groups in total. The van der Waals surface area contributed by atoms with E-state index in [0.717, 1.165) is 13.1 Å². The molecule has 1 rings (SSSR count). The maximum absolute atomic E-state index is 11.4. The van der Waals surface area contributed by atoms with Crippen molar-refractivity contribution in [2.45, 2.75) is 32.2 Å². The van der Waals surface area contributed by atoms with Crippen molar-refractivity contribution in [1.29, 1.82) is 0 Å². The van der Waals surface area contributed by atoms with Gasteiger partial charge in [-0.05, 0) is 26.4 Å². The van der Waals surface area contributed by atoms with Crippen molar-refractivity contribution < 1.29 is 8.42 Å². The van der Waals surface area contributed by atoms with Gasteiger partial charge >= 0.3 is 0 Å². The fourth-order valence-corrected chi connectivity index (χ4v) is 2.87. The molecule has 4 nitrogen and oxygen atoms in total. The predicted molar refractivity (Wildman–Crippen MR) is 67.5 cm³/mol. The van der Waals surface area contributed by atoms with E-state index >= 15 is 0 Å². The topological polar surface area (TPSA) is 49.4 Å². The summed E-state index contributed by atoms with van der Waals surface area (Å²) < 4.78 is 22.7. The molecule has 96 valence electrons. The second kappa shape index (κ2) is 6.57. The number of sulfone groups is 1. The lowest BCUT2D eigenvalue weighted by atomic mass is 10.0. The number of nitrogens with one attached hydrogen (secondary N) is 1. The molecule has 0 spiro atoms. The summed E-state index contributed by atoms with van der Waals surface area (Å²) in [6.07, 6.45) is 3.77. The van der Waals surface area contributed by atoms with Gasteiger partial charge in [-0.25, -0.2) is 8.42 Å². The van der Waals surface area contributed by atoms with E-state index in [4.69, 9.17) is 0 Å². The van der Waals surface area contributed by atoms with E-state index in [0.29, 0.717) is 12.6 Å². The standard InChI is InChI=1S/C11H24N2O2S/c1-3-16(14,15)9-8-13(2)10-11-6-4-5-7-12-11/h11-12H,3-10H2,1-2H3. The molecule has 0 aromatic rings. The second-order valence-corrected chi connectivity index (χ2v) is 7.12. The van der Waals surface area contributed by atoms with Gasteiger partial charge in [0, 0.05) is 24.9 Å². The molecule has 0 bridgehead atoms. The van der Waals surface area contributed by atoms with Crippen molar-refractivity contribution in [2.24, 2.45) is 0 Å². The summed E-state index contributed by atoms with van der Waals surface area (Å²) >= 11 is 0. The lowest BCUT2D eigenvalue weighted by Crippen LogP contribution is -2.43. The van der Waals surface area contributed by atoms with Gasteiger partial charge in [-0.2, -0.15) is 0 Å². The van der Waals surface area contributed by atoms with Crippen LogP contribution >= 0.6 is 0 Å². The van der Waals surface area contributed by atoms with Crippen molar-refractivity contribution in [3.8, 4) is 0 Å². The maximum Gasteiger partial charge on any atom is 0.151 e. The number of hydrogen-bond acceptors (Lipinski definition) is 4. The van der Waals surface area contributed by atoms with Gasteiger partial charge in [-0.15, -0.1) is 0 Å². The van der Waals surface area contributed by atoms with Gasteiger partial charge in [0.05, 0.1) is 5.75 Å². The molecule has 0 aromatic heterocycles. The van der Waals surface area contributed by atoms with Crippen LogP contribution in [-0.2, 0) is 9.84 Å². The molecule has 1 fully saturated rings. The van der Waals surface area contributed by atoms with Crippen molar-refractivity contribution in [3.63, 3.8) is 0 Å². The molecule has 0 radical (unpaired) electrons. The molecule has 1 unspecified atom stereocenters. The molecule has 0 aliphatic carbocycles. The van der Waals surface area contributed by atoms with Gasteiger partial charge in [0.25, 0.3) is 0 Å². The fourth-order valence-electron chi connectivity index (χ4n) is 1.99. The Labute approximate surface area is 99.3 Å². The summed E-state index contributed by atoms with van der Waals surface area (Å²) in [7, 11) is -0.816. The molecular formula is C11H24N2O2S. The highest BCUT2D eigenvalue weighted by Crippen LogP contribution is 2.07. The van der Waals surface area contributed by atoms with E-state index in [2.05, 4.69) is 10.2 Å². The van der Waals surface area contributed by atoms with Crippen LogP contribution in [0.25, 0.3) is 0 Å². The van der Waals surface area contributed by atoms with Crippen LogP contribution in [0.4, 0.5) is 0 Å². The summed E-state index contributed by atoms with van der Waals surface area (Å²) in [5.41, 5.74) is 0. The van der Waals surface area contributed by atoms with Crippen LogP contribution in [0.3, 0.4) is 0 Å². The third kappa shape index (κ3) is 5.27. The van der Waals surface area contributed by atoms with Gasteiger partial charge < -0.3 is 10.2 Å². The minimum atomic E-state index is -2.82. The molecule has 0 saturated carbocycles. The minimum Gasteiger partial charge on any atom is -0.313 e. The molecule has 1 aliphatic rings. The highest BCUT2D eigenvalue weighted by Gasteiger charge is 2.15. The average molecular weight is 248 g/mol. The summed E-state index contributed by atoms with van der Waals surface area (Å²) in [5, 5.41) is 3.47. The van der Waals surface area contributed by atoms with E-state index < -0.39 is 9.84 Å². The molecule has 1 aliphatic heterocycles. The Bertz CT molecular complexity index is 284. The van der Waals surface area contributed by atoms with Crippen molar-refractivity contribution in [3.05, 3.63) is 0 Å². The van der Waals surface area contributed by atoms with E-state index in [-0.39, 0.29) is 11.5 Å². The first-order valence-corrected chi connectivity index (χ1v) is 7.98. The normalized spacial score (nSPS) is 22.6. The van der Waals surface area contributed by atoms with Gasteiger partial charge in [-0.1, -0.05) is 13.3 Å². The van der Waals surface area contributed by atoms with E-state index in [1.807, 2.05) is 7.05 Å². The van der Waals surface area contributed by atoms with Crippen LogP contribution in [-0.4, -0.2) is 57.5 Å². The third-order valence-corrected chi connectivity index (χ3v) is 4.85. The quantitative estimate of drug-likeness (QED) is 0.743. The zero-order valence-electron chi connectivity index (χ0n) is 10.4. The van der Waals surface area contributed by atoms with E-state index in [9.17, 15) is 8.42 Å². The lowest BCUT2D eigenvalue weighted by molar-refractivity contribution is 0.272. The summed E-state index contributed by atoms with van der Waals surface area (Å²) in [6, 6.07) is 0.545. The van der Waals surface area contributed by atoms with Crippen molar-refractivity contribution >= 4 is 9.84 Å². The van der Waals surface area contributed by atoms with Crippen LogP contribution in [0.1, 0.15) is 26.2 Å². The Hall–Kier alpha value is -0.130. The number of nitrogens with zero attached hydrogens (tertiary/aromatic N) is 1. The molecule has 0 aromatic carbocycles. The highest BCUT2D eigenvalue weighted by atomic mass is 32.2. The van der Waals surface area contributed by atoms with Crippen LogP contribution in [0.5, 0.6) is 0 Å². The van der Waals surface area contributed by atoms with Gasteiger partial charge in [0.2, 0.25) is 0 Å². The number of hydrogen-bond donors (Lipinski definition) is 1. The molecule has 5 heteroatoms. The Morgan fingerprint density at radius 1 is 1.38 bits per heavy atom. The predicted octanol–water partition coefficient (Wildman–Crippen LogP) is 0.495. The van der Waals surface area contributed by atoms with Gasteiger partial charge in [-0.3, -0.25) is 0 Å². The summed E-state index contributed by atoms with van der Waals surface area (Å²) in [6.45, 7) is 4.41. The number of piperidine rings is 1. The zero-order valence-corrected chi connectivity index (χ0v) is 11.2. The maximum atomic E-state index is 11.4. The number of rotatable bonds is 6. The molecule has 16 heavy (non-hydrogen) atoms. The summed E-state index contributed by atoms with van der Waals surface area (Å²) in [4.78, 5) is 2.12. The van der Waals surface area contributed by atoms with Crippen LogP contribution < -0.4 is 5.32 Å². The molecule has 1 atom stereocenters. The second-order valence-electron chi connectivity index (χ2n) is 4.65. The van der Waals surface area contributed by atoms with Crippen LogP contribution in [0.15, 0.2) is 0 Å². The Kier molecular flexibility index (Phi) is 5.72. The molecule has 0 amide bonds. The van der Waals surface area contributed by atoms with Crippen LogP contribution in [0, 0.1) is 0 Å². The Morgan fingerprint density at radius 2 is 2.12 bits per heavy atom. The van der Waals surface area contributed by atoms with E-state index in [1.165, 1.54) is 19.3 Å². The van der Waals surface area contributed by atoms with E-state index in [1.54, 1.807) is 6.92 Å². The number of likely N-dealkylation sites (N-methyl/N-ethyl adjacent to an activating group) is 1.